The molecule has 0 aromatic carbocycles. The molecule has 114 valence electrons. The van der Waals surface area contributed by atoms with Crippen LogP contribution in [0.3, 0.4) is 0 Å². The van der Waals surface area contributed by atoms with Crippen molar-refractivity contribution < 1.29 is 0 Å². The SMILES string of the molecule is NCCCCCCCCCCNCC1CCCCC1. The van der Waals surface area contributed by atoms with Gasteiger partial charge in [0.2, 0.25) is 0 Å². The van der Waals surface area contributed by atoms with Crippen LogP contribution in [0.4, 0.5) is 0 Å². The summed E-state index contributed by atoms with van der Waals surface area (Å²) in [6, 6.07) is 0. The van der Waals surface area contributed by atoms with Crippen LogP contribution in [0.1, 0.15) is 83.5 Å². The van der Waals surface area contributed by atoms with Crippen LogP contribution in [0.2, 0.25) is 0 Å². The van der Waals surface area contributed by atoms with Crippen LogP contribution in [0.15, 0.2) is 0 Å². The zero-order valence-electron chi connectivity index (χ0n) is 13.0. The summed E-state index contributed by atoms with van der Waals surface area (Å²) in [5.74, 6) is 0.983. The first-order valence-corrected chi connectivity index (χ1v) is 8.84. The van der Waals surface area contributed by atoms with Crippen LogP contribution in [-0.4, -0.2) is 19.6 Å². The fourth-order valence-electron chi connectivity index (χ4n) is 3.15. The van der Waals surface area contributed by atoms with Gasteiger partial charge in [0.25, 0.3) is 0 Å². The van der Waals surface area contributed by atoms with Crippen molar-refractivity contribution in [2.24, 2.45) is 11.7 Å². The quantitative estimate of drug-likeness (QED) is 0.520. The van der Waals surface area contributed by atoms with Crippen LogP contribution < -0.4 is 11.1 Å². The minimum absolute atomic E-state index is 0.868. The first-order valence-electron chi connectivity index (χ1n) is 8.84. The molecule has 2 nitrogen and oxygen atoms in total. The molecule has 0 unspecified atom stereocenters. The lowest BCUT2D eigenvalue weighted by molar-refractivity contribution is 0.341. The number of unbranched alkanes of at least 4 members (excludes halogenated alkanes) is 7. The molecule has 0 aromatic heterocycles. The molecule has 0 aliphatic heterocycles. The van der Waals surface area contributed by atoms with E-state index in [1.54, 1.807) is 0 Å². The Morgan fingerprint density at radius 3 is 1.95 bits per heavy atom. The molecular weight excluding hydrogens is 232 g/mol. The molecule has 1 saturated carbocycles. The minimum atomic E-state index is 0.868. The van der Waals surface area contributed by atoms with Crippen molar-refractivity contribution in [3.8, 4) is 0 Å². The van der Waals surface area contributed by atoms with E-state index in [1.165, 1.54) is 96.6 Å². The van der Waals surface area contributed by atoms with Crippen LogP contribution >= 0.6 is 0 Å². The topological polar surface area (TPSA) is 38.0 Å². The lowest BCUT2D eigenvalue weighted by Crippen LogP contribution is -2.25. The highest BCUT2D eigenvalue weighted by Crippen LogP contribution is 2.22. The average molecular weight is 268 g/mol. The third-order valence-electron chi connectivity index (χ3n) is 4.47. The zero-order chi connectivity index (χ0) is 13.6. The van der Waals surface area contributed by atoms with Gasteiger partial charge in [0, 0.05) is 0 Å². The van der Waals surface area contributed by atoms with Gasteiger partial charge in [-0.3, -0.25) is 0 Å². The van der Waals surface area contributed by atoms with Crippen molar-refractivity contribution in [3.05, 3.63) is 0 Å². The highest BCUT2D eigenvalue weighted by molar-refractivity contribution is 4.67. The number of rotatable bonds is 12. The van der Waals surface area contributed by atoms with Gasteiger partial charge in [-0.05, 0) is 51.2 Å². The smallest absolute Gasteiger partial charge is 0.00205 e. The Labute approximate surface area is 120 Å². The minimum Gasteiger partial charge on any atom is -0.330 e. The lowest BCUT2D eigenvalue weighted by Gasteiger charge is -2.21. The molecule has 2 heteroatoms. The van der Waals surface area contributed by atoms with E-state index in [0.717, 1.165) is 12.5 Å². The van der Waals surface area contributed by atoms with Gasteiger partial charge < -0.3 is 11.1 Å². The van der Waals surface area contributed by atoms with E-state index in [0.29, 0.717) is 0 Å². The van der Waals surface area contributed by atoms with Crippen molar-refractivity contribution >= 4 is 0 Å². The maximum absolute atomic E-state index is 5.48. The van der Waals surface area contributed by atoms with E-state index in [9.17, 15) is 0 Å². The standard InChI is InChI=1S/C17H36N2/c18-14-10-5-3-1-2-4-6-11-15-19-16-17-12-8-7-9-13-17/h17,19H,1-16,18H2. The van der Waals surface area contributed by atoms with Gasteiger partial charge in [-0.25, -0.2) is 0 Å². The Bertz CT molecular complexity index is 176. The summed E-state index contributed by atoms with van der Waals surface area (Å²) >= 11 is 0. The summed E-state index contributed by atoms with van der Waals surface area (Å²) in [7, 11) is 0. The Kier molecular flexibility index (Phi) is 11.5. The fourth-order valence-corrected chi connectivity index (χ4v) is 3.15. The van der Waals surface area contributed by atoms with Crippen molar-refractivity contribution in [1.29, 1.82) is 0 Å². The molecule has 0 aromatic rings. The van der Waals surface area contributed by atoms with Gasteiger partial charge in [0.05, 0.1) is 0 Å². The molecule has 0 saturated heterocycles. The third kappa shape index (κ3) is 10.4. The molecule has 1 aliphatic rings. The molecule has 0 amide bonds. The van der Waals surface area contributed by atoms with Gasteiger partial charge in [0.1, 0.15) is 0 Å². The normalized spacial score (nSPS) is 16.9. The van der Waals surface area contributed by atoms with Gasteiger partial charge in [-0.1, -0.05) is 57.8 Å². The summed E-state index contributed by atoms with van der Waals surface area (Å²) in [6.45, 7) is 3.38. The summed E-state index contributed by atoms with van der Waals surface area (Å²) in [5.41, 5.74) is 5.48. The van der Waals surface area contributed by atoms with E-state index >= 15 is 0 Å². The molecule has 0 radical (unpaired) electrons. The van der Waals surface area contributed by atoms with E-state index in [2.05, 4.69) is 5.32 Å². The highest BCUT2D eigenvalue weighted by Gasteiger charge is 2.11. The summed E-state index contributed by atoms with van der Waals surface area (Å²) < 4.78 is 0. The summed E-state index contributed by atoms with van der Waals surface area (Å²) in [5, 5.41) is 3.66. The summed E-state index contributed by atoms with van der Waals surface area (Å²) in [6.07, 6.45) is 18.3. The third-order valence-corrected chi connectivity index (χ3v) is 4.47. The molecule has 1 fully saturated rings. The molecule has 1 rings (SSSR count). The predicted molar refractivity (Wildman–Crippen MR) is 85.4 cm³/mol. The second-order valence-electron chi connectivity index (χ2n) is 6.33. The molecule has 0 atom stereocenters. The van der Waals surface area contributed by atoms with Gasteiger partial charge in [-0.2, -0.15) is 0 Å². The van der Waals surface area contributed by atoms with Gasteiger partial charge >= 0.3 is 0 Å². The Balaban J connectivity index is 1.71. The first kappa shape index (κ1) is 17.0. The highest BCUT2D eigenvalue weighted by atomic mass is 14.9. The predicted octanol–water partition coefficient (Wildman–Crippen LogP) is 4.24. The summed E-state index contributed by atoms with van der Waals surface area (Å²) in [4.78, 5) is 0. The second kappa shape index (κ2) is 12.9. The van der Waals surface area contributed by atoms with Crippen molar-refractivity contribution in [2.75, 3.05) is 19.6 Å². The molecule has 19 heavy (non-hydrogen) atoms. The largest absolute Gasteiger partial charge is 0.330 e. The van der Waals surface area contributed by atoms with Gasteiger partial charge in [0.15, 0.2) is 0 Å². The average Bonchev–Trinajstić information content (AvgIpc) is 2.46. The monoisotopic (exact) mass is 268 g/mol. The number of hydrogen-bond acceptors (Lipinski definition) is 2. The van der Waals surface area contributed by atoms with E-state index < -0.39 is 0 Å². The van der Waals surface area contributed by atoms with Crippen LogP contribution in [0.25, 0.3) is 0 Å². The van der Waals surface area contributed by atoms with E-state index in [-0.39, 0.29) is 0 Å². The van der Waals surface area contributed by atoms with E-state index in [1.807, 2.05) is 0 Å². The van der Waals surface area contributed by atoms with Crippen LogP contribution in [0.5, 0.6) is 0 Å². The first-order chi connectivity index (χ1) is 9.43. The van der Waals surface area contributed by atoms with Crippen LogP contribution in [0, 0.1) is 5.92 Å². The molecule has 0 spiro atoms. The number of hydrogen-bond donors (Lipinski definition) is 2. The van der Waals surface area contributed by atoms with Crippen molar-refractivity contribution in [3.63, 3.8) is 0 Å². The molecule has 1 aliphatic carbocycles. The van der Waals surface area contributed by atoms with Crippen LogP contribution in [-0.2, 0) is 0 Å². The Hall–Kier alpha value is -0.0800. The van der Waals surface area contributed by atoms with Gasteiger partial charge in [-0.15, -0.1) is 0 Å². The number of nitrogens with one attached hydrogen (secondary N) is 1. The number of nitrogens with two attached hydrogens (primary N) is 1. The second-order valence-corrected chi connectivity index (χ2v) is 6.33. The maximum Gasteiger partial charge on any atom is -0.00205 e. The lowest BCUT2D eigenvalue weighted by atomic mass is 9.89. The molecule has 0 heterocycles. The molecule has 3 N–H and O–H groups in total. The van der Waals surface area contributed by atoms with E-state index in [4.69, 9.17) is 5.73 Å². The van der Waals surface area contributed by atoms with Crippen molar-refractivity contribution in [2.45, 2.75) is 83.5 Å². The Morgan fingerprint density at radius 2 is 1.32 bits per heavy atom. The Morgan fingerprint density at radius 1 is 0.737 bits per heavy atom. The zero-order valence-corrected chi connectivity index (χ0v) is 13.0. The molecular formula is C17H36N2. The fraction of sp³-hybridized carbons (Fsp3) is 1.00. The molecule has 0 bridgehead atoms. The maximum atomic E-state index is 5.48. The van der Waals surface area contributed by atoms with Crippen molar-refractivity contribution in [1.82, 2.24) is 5.32 Å².